The quantitative estimate of drug-likeness (QED) is 0.891. The molecule has 0 aliphatic heterocycles. The van der Waals surface area contributed by atoms with E-state index < -0.39 is 6.10 Å². The molecule has 0 saturated heterocycles. The SMILES string of the molecule is CC(C)Oc1ccccc1C(O)c1cc(F)ccc1Br. The van der Waals surface area contributed by atoms with Gasteiger partial charge >= 0.3 is 0 Å². The van der Waals surface area contributed by atoms with E-state index in [2.05, 4.69) is 15.9 Å². The first kappa shape index (κ1) is 15.0. The third-order valence-electron chi connectivity index (χ3n) is 2.83. The molecule has 0 aliphatic rings. The summed E-state index contributed by atoms with van der Waals surface area (Å²) in [6.07, 6.45) is -0.950. The lowest BCUT2D eigenvalue weighted by atomic mass is 10.0. The van der Waals surface area contributed by atoms with E-state index in [4.69, 9.17) is 4.74 Å². The lowest BCUT2D eigenvalue weighted by molar-refractivity contribution is 0.197. The largest absolute Gasteiger partial charge is 0.491 e. The molecule has 0 saturated carbocycles. The Balaban J connectivity index is 2.42. The van der Waals surface area contributed by atoms with Crippen LogP contribution in [0.3, 0.4) is 0 Å². The van der Waals surface area contributed by atoms with Gasteiger partial charge in [0, 0.05) is 15.6 Å². The number of hydrogen-bond acceptors (Lipinski definition) is 2. The van der Waals surface area contributed by atoms with Gasteiger partial charge in [0.25, 0.3) is 0 Å². The second-order valence-electron chi connectivity index (χ2n) is 4.77. The lowest BCUT2D eigenvalue weighted by Gasteiger charge is -2.19. The molecule has 1 atom stereocenters. The van der Waals surface area contributed by atoms with Gasteiger partial charge in [-0.05, 0) is 38.1 Å². The molecular weight excluding hydrogens is 323 g/mol. The van der Waals surface area contributed by atoms with E-state index >= 15 is 0 Å². The highest BCUT2D eigenvalue weighted by molar-refractivity contribution is 9.10. The summed E-state index contributed by atoms with van der Waals surface area (Å²) < 4.78 is 19.7. The van der Waals surface area contributed by atoms with E-state index in [1.165, 1.54) is 12.1 Å². The zero-order valence-electron chi connectivity index (χ0n) is 11.3. The van der Waals surface area contributed by atoms with E-state index in [0.29, 0.717) is 21.3 Å². The summed E-state index contributed by atoms with van der Waals surface area (Å²) in [6, 6.07) is 11.5. The molecule has 0 spiro atoms. The van der Waals surface area contributed by atoms with E-state index in [-0.39, 0.29) is 11.9 Å². The molecule has 1 N–H and O–H groups in total. The fourth-order valence-corrected chi connectivity index (χ4v) is 2.42. The average Bonchev–Trinajstić information content (AvgIpc) is 2.41. The van der Waals surface area contributed by atoms with Crippen LogP contribution in [0.1, 0.15) is 31.1 Å². The molecule has 1 unspecified atom stereocenters. The zero-order chi connectivity index (χ0) is 14.7. The maximum absolute atomic E-state index is 13.4. The van der Waals surface area contributed by atoms with Crippen LogP contribution in [0, 0.1) is 5.82 Å². The van der Waals surface area contributed by atoms with Gasteiger partial charge in [0.1, 0.15) is 17.7 Å². The maximum Gasteiger partial charge on any atom is 0.125 e. The summed E-state index contributed by atoms with van der Waals surface area (Å²) >= 11 is 3.34. The number of benzene rings is 2. The van der Waals surface area contributed by atoms with Gasteiger partial charge in [0.2, 0.25) is 0 Å². The lowest BCUT2D eigenvalue weighted by Crippen LogP contribution is -2.10. The summed E-state index contributed by atoms with van der Waals surface area (Å²) in [6.45, 7) is 3.84. The number of rotatable bonds is 4. The Morgan fingerprint density at radius 1 is 1.10 bits per heavy atom. The number of para-hydroxylation sites is 1. The molecule has 0 fully saturated rings. The molecule has 0 aromatic heterocycles. The fourth-order valence-electron chi connectivity index (χ4n) is 1.96. The maximum atomic E-state index is 13.4. The standard InChI is InChI=1S/C16H16BrFO2/c1-10(2)20-15-6-4-3-5-12(15)16(19)13-9-11(18)7-8-14(13)17/h3-10,16,19H,1-2H3. The van der Waals surface area contributed by atoms with Crippen molar-refractivity contribution in [1.29, 1.82) is 0 Å². The van der Waals surface area contributed by atoms with Crippen LogP contribution < -0.4 is 4.74 Å². The van der Waals surface area contributed by atoms with Crippen LogP contribution in [-0.2, 0) is 0 Å². The predicted molar refractivity (Wildman–Crippen MR) is 80.4 cm³/mol. The van der Waals surface area contributed by atoms with Gasteiger partial charge < -0.3 is 9.84 Å². The normalized spacial score (nSPS) is 12.5. The molecule has 0 aliphatic carbocycles. The topological polar surface area (TPSA) is 29.5 Å². The molecular formula is C16H16BrFO2. The Morgan fingerprint density at radius 3 is 2.50 bits per heavy atom. The van der Waals surface area contributed by atoms with Gasteiger partial charge in [-0.15, -0.1) is 0 Å². The molecule has 0 bridgehead atoms. The molecule has 0 amide bonds. The number of halogens is 2. The summed E-state index contributed by atoms with van der Waals surface area (Å²) in [4.78, 5) is 0. The van der Waals surface area contributed by atoms with Crippen molar-refractivity contribution < 1.29 is 14.2 Å². The molecule has 2 nitrogen and oxygen atoms in total. The highest BCUT2D eigenvalue weighted by Gasteiger charge is 2.18. The van der Waals surface area contributed by atoms with Crippen molar-refractivity contribution in [1.82, 2.24) is 0 Å². The van der Waals surface area contributed by atoms with Crippen LogP contribution in [0.15, 0.2) is 46.9 Å². The van der Waals surface area contributed by atoms with Crippen molar-refractivity contribution in [3.05, 3.63) is 63.9 Å². The average molecular weight is 339 g/mol. The van der Waals surface area contributed by atoms with Crippen molar-refractivity contribution in [3.8, 4) is 5.75 Å². The molecule has 4 heteroatoms. The molecule has 106 valence electrons. The Bertz CT molecular complexity index is 599. The molecule has 2 aromatic carbocycles. The van der Waals surface area contributed by atoms with Crippen molar-refractivity contribution in [3.63, 3.8) is 0 Å². The summed E-state index contributed by atoms with van der Waals surface area (Å²) in [7, 11) is 0. The van der Waals surface area contributed by atoms with Crippen LogP contribution >= 0.6 is 15.9 Å². The third-order valence-corrected chi connectivity index (χ3v) is 3.55. The van der Waals surface area contributed by atoms with E-state index in [1.807, 2.05) is 26.0 Å². The molecule has 2 rings (SSSR count). The Kier molecular flexibility index (Phi) is 4.78. The van der Waals surface area contributed by atoms with Crippen LogP contribution in [0.25, 0.3) is 0 Å². The monoisotopic (exact) mass is 338 g/mol. The minimum Gasteiger partial charge on any atom is -0.491 e. The van der Waals surface area contributed by atoms with Gasteiger partial charge in [-0.2, -0.15) is 0 Å². The van der Waals surface area contributed by atoms with Crippen molar-refractivity contribution >= 4 is 15.9 Å². The third kappa shape index (κ3) is 3.38. The molecule has 0 heterocycles. The van der Waals surface area contributed by atoms with Crippen molar-refractivity contribution in [2.24, 2.45) is 0 Å². The molecule has 2 aromatic rings. The van der Waals surface area contributed by atoms with Crippen LogP contribution in [0.5, 0.6) is 5.75 Å². The zero-order valence-corrected chi connectivity index (χ0v) is 12.9. The summed E-state index contributed by atoms with van der Waals surface area (Å²) in [5.74, 6) is 0.218. The van der Waals surface area contributed by atoms with Crippen LogP contribution in [0.4, 0.5) is 4.39 Å². The summed E-state index contributed by atoms with van der Waals surface area (Å²) in [5.41, 5.74) is 1.09. The molecule has 20 heavy (non-hydrogen) atoms. The smallest absolute Gasteiger partial charge is 0.125 e. The van der Waals surface area contributed by atoms with Crippen molar-refractivity contribution in [2.45, 2.75) is 26.1 Å². The first-order valence-electron chi connectivity index (χ1n) is 6.37. The van der Waals surface area contributed by atoms with Gasteiger partial charge in [0.05, 0.1) is 6.10 Å². The van der Waals surface area contributed by atoms with Gasteiger partial charge in [-0.1, -0.05) is 34.1 Å². The first-order valence-corrected chi connectivity index (χ1v) is 7.17. The van der Waals surface area contributed by atoms with Crippen LogP contribution in [0.2, 0.25) is 0 Å². The van der Waals surface area contributed by atoms with Gasteiger partial charge in [-0.3, -0.25) is 0 Å². The summed E-state index contributed by atoms with van der Waals surface area (Å²) in [5, 5.41) is 10.5. The Morgan fingerprint density at radius 2 is 1.80 bits per heavy atom. The van der Waals surface area contributed by atoms with Crippen molar-refractivity contribution in [2.75, 3.05) is 0 Å². The van der Waals surface area contributed by atoms with E-state index in [9.17, 15) is 9.50 Å². The first-order chi connectivity index (χ1) is 9.49. The fraction of sp³-hybridized carbons (Fsp3) is 0.250. The number of aliphatic hydroxyl groups excluding tert-OH is 1. The van der Waals surface area contributed by atoms with E-state index in [1.54, 1.807) is 18.2 Å². The second kappa shape index (κ2) is 6.37. The number of hydrogen-bond donors (Lipinski definition) is 1. The predicted octanol–water partition coefficient (Wildman–Crippen LogP) is 4.46. The minimum absolute atomic E-state index is 0.000648. The van der Waals surface area contributed by atoms with Crippen LogP contribution in [-0.4, -0.2) is 11.2 Å². The Labute approximate surface area is 126 Å². The molecule has 0 radical (unpaired) electrons. The Hall–Kier alpha value is -1.39. The second-order valence-corrected chi connectivity index (χ2v) is 5.63. The number of ether oxygens (including phenoxy) is 1. The number of aliphatic hydroxyl groups is 1. The minimum atomic E-state index is -0.949. The van der Waals surface area contributed by atoms with Gasteiger partial charge in [0.15, 0.2) is 0 Å². The van der Waals surface area contributed by atoms with E-state index in [0.717, 1.165) is 0 Å². The van der Waals surface area contributed by atoms with Gasteiger partial charge in [-0.25, -0.2) is 4.39 Å². The highest BCUT2D eigenvalue weighted by atomic mass is 79.9. The highest BCUT2D eigenvalue weighted by Crippen LogP contribution is 2.34.